The first-order valence-electron chi connectivity index (χ1n) is 7.92. The van der Waals surface area contributed by atoms with E-state index in [1.165, 1.54) is 18.3 Å². The highest BCUT2D eigenvalue weighted by Crippen LogP contribution is 2.23. The van der Waals surface area contributed by atoms with Crippen LogP contribution in [0.3, 0.4) is 0 Å². The van der Waals surface area contributed by atoms with E-state index in [0.717, 1.165) is 10.0 Å². The van der Waals surface area contributed by atoms with Crippen molar-refractivity contribution in [2.24, 2.45) is 5.10 Å². The fourth-order valence-electron chi connectivity index (χ4n) is 2.32. The molecule has 8 heteroatoms. The zero-order chi connectivity index (χ0) is 19.2. The number of hydrogen-bond donors (Lipinski definition) is 1. The molecule has 0 aliphatic rings. The number of benzene rings is 2. The Morgan fingerprint density at radius 1 is 1.11 bits per heavy atom. The highest BCUT2D eigenvalue weighted by Gasteiger charge is 2.07. The van der Waals surface area contributed by atoms with Gasteiger partial charge in [0.1, 0.15) is 11.5 Å². The summed E-state index contributed by atoms with van der Waals surface area (Å²) in [6, 6.07) is 17.1. The van der Waals surface area contributed by atoms with Crippen LogP contribution in [0, 0.1) is 10.1 Å². The molecule has 1 aromatic heterocycles. The predicted molar refractivity (Wildman–Crippen MR) is 104 cm³/mol. The van der Waals surface area contributed by atoms with Crippen LogP contribution < -0.4 is 5.43 Å². The molecule has 136 valence electrons. The van der Waals surface area contributed by atoms with Gasteiger partial charge in [-0.05, 0) is 29.8 Å². The Balaban J connectivity index is 1.55. The third-order valence-corrected chi connectivity index (χ3v) is 4.18. The summed E-state index contributed by atoms with van der Waals surface area (Å²) in [5.41, 5.74) is 3.97. The zero-order valence-electron chi connectivity index (χ0n) is 14.0. The Labute approximate surface area is 163 Å². The van der Waals surface area contributed by atoms with Crippen molar-refractivity contribution in [2.75, 3.05) is 0 Å². The molecule has 27 heavy (non-hydrogen) atoms. The lowest BCUT2D eigenvalue weighted by molar-refractivity contribution is -0.384. The fourth-order valence-corrected chi connectivity index (χ4v) is 2.58. The second kappa shape index (κ2) is 8.41. The van der Waals surface area contributed by atoms with Gasteiger partial charge in [-0.2, -0.15) is 5.10 Å². The normalized spacial score (nSPS) is 10.9. The molecule has 0 unspecified atom stereocenters. The van der Waals surface area contributed by atoms with Crippen molar-refractivity contribution >= 4 is 33.7 Å². The van der Waals surface area contributed by atoms with Gasteiger partial charge in [-0.15, -0.1) is 0 Å². The van der Waals surface area contributed by atoms with Gasteiger partial charge < -0.3 is 4.42 Å². The molecule has 0 spiro atoms. The van der Waals surface area contributed by atoms with Crippen LogP contribution in [0.5, 0.6) is 0 Å². The number of nitrogens with one attached hydrogen (secondary N) is 1. The summed E-state index contributed by atoms with van der Waals surface area (Å²) < 4.78 is 6.65. The Bertz CT molecular complexity index is 979. The van der Waals surface area contributed by atoms with Gasteiger partial charge in [0.25, 0.3) is 5.69 Å². The molecule has 0 radical (unpaired) electrons. The molecule has 0 fully saturated rings. The predicted octanol–water partition coefficient (Wildman–Crippen LogP) is 4.31. The van der Waals surface area contributed by atoms with Gasteiger partial charge >= 0.3 is 0 Å². The summed E-state index contributed by atoms with van der Waals surface area (Å²) in [6.07, 6.45) is 1.48. The highest BCUT2D eigenvalue weighted by molar-refractivity contribution is 9.10. The number of hydrogen-bond acceptors (Lipinski definition) is 5. The van der Waals surface area contributed by atoms with Gasteiger partial charge in [-0.25, -0.2) is 5.43 Å². The Kier molecular flexibility index (Phi) is 5.77. The Hall–Kier alpha value is -3.26. The van der Waals surface area contributed by atoms with Crippen molar-refractivity contribution in [3.63, 3.8) is 0 Å². The molecule has 0 atom stereocenters. The number of halogens is 1. The molecular formula is C19H14BrN3O4. The molecule has 0 aliphatic carbocycles. The number of nitro benzene ring substituents is 1. The smallest absolute Gasteiger partial charge is 0.269 e. The maximum Gasteiger partial charge on any atom is 0.269 e. The summed E-state index contributed by atoms with van der Waals surface area (Å²) in [5.74, 6) is 0.865. The van der Waals surface area contributed by atoms with Crippen LogP contribution in [-0.4, -0.2) is 17.0 Å². The lowest BCUT2D eigenvalue weighted by Crippen LogP contribution is -2.19. The molecule has 0 aliphatic heterocycles. The summed E-state index contributed by atoms with van der Waals surface area (Å²) in [4.78, 5) is 22.0. The number of nitrogens with zero attached hydrogens (tertiary/aromatic N) is 2. The van der Waals surface area contributed by atoms with Crippen LogP contribution in [0.25, 0.3) is 11.3 Å². The fraction of sp³-hybridized carbons (Fsp3) is 0.0526. The van der Waals surface area contributed by atoms with E-state index in [1.54, 1.807) is 18.2 Å². The van der Waals surface area contributed by atoms with Crippen LogP contribution >= 0.6 is 15.9 Å². The molecule has 1 amide bonds. The first kappa shape index (κ1) is 18.5. The van der Waals surface area contributed by atoms with Crippen LogP contribution in [0.2, 0.25) is 0 Å². The van der Waals surface area contributed by atoms with Crippen LogP contribution in [0.1, 0.15) is 11.3 Å². The number of hydrazone groups is 1. The minimum absolute atomic E-state index is 0.0171. The number of carbonyl (C=O) groups is 1. The highest BCUT2D eigenvalue weighted by atomic mass is 79.9. The van der Waals surface area contributed by atoms with Crippen molar-refractivity contribution in [1.82, 2.24) is 5.43 Å². The Morgan fingerprint density at radius 2 is 1.81 bits per heavy atom. The lowest BCUT2D eigenvalue weighted by atomic mass is 10.1. The number of carbonyl (C=O) groups excluding carboxylic acids is 1. The van der Waals surface area contributed by atoms with E-state index in [0.29, 0.717) is 17.1 Å². The number of furan rings is 1. The van der Waals surface area contributed by atoms with E-state index in [9.17, 15) is 14.9 Å². The molecule has 7 nitrogen and oxygen atoms in total. The van der Waals surface area contributed by atoms with E-state index in [4.69, 9.17) is 4.42 Å². The molecule has 3 aromatic rings. The van der Waals surface area contributed by atoms with Gasteiger partial charge in [-0.3, -0.25) is 14.9 Å². The zero-order valence-corrected chi connectivity index (χ0v) is 15.5. The number of nitro groups is 1. The molecule has 0 saturated carbocycles. The summed E-state index contributed by atoms with van der Waals surface area (Å²) in [6.45, 7) is 0. The van der Waals surface area contributed by atoms with Gasteiger partial charge in [-0.1, -0.05) is 40.2 Å². The first-order valence-corrected chi connectivity index (χ1v) is 8.71. The average Bonchev–Trinajstić information content (AvgIpc) is 3.11. The SMILES string of the molecule is O=C(Cc1ccc([N+](=O)[O-])cc1)N/N=C\c1ccc(-c2ccc(Br)cc2)o1. The second-order valence-corrected chi connectivity index (χ2v) is 6.52. The lowest BCUT2D eigenvalue weighted by Gasteiger charge is -2.00. The molecule has 0 bridgehead atoms. The molecule has 3 rings (SSSR count). The van der Waals surface area contributed by atoms with E-state index >= 15 is 0 Å². The van der Waals surface area contributed by atoms with Crippen LogP contribution in [0.4, 0.5) is 5.69 Å². The van der Waals surface area contributed by atoms with Crippen molar-refractivity contribution in [3.05, 3.63) is 86.6 Å². The van der Waals surface area contributed by atoms with Crippen LogP contribution in [-0.2, 0) is 11.2 Å². The molecule has 1 heterocycles. The van der Waals surface area contributed by atoms with Crippen molar-refractivity contribution in [2.45, 2.75) is 6.42 Å². The van der Waals surface area contributed by atoms with Crippen LogP contribution in [0.15, 0.2) is 74.7 Å². The van der Waals surface area contributed by atoms with Crippen molar-refractivity contribution in [1.29, 1.82) is 0 Å². The van der Waals surface area contributed by atoms with Gasteiger partial charge in [0.15, 0.2) is 0 Å². The number of rotatable bonds is 6. The Morgan fingerprint density at radius 3 is 2.48 bits per heavy atom. The largest absolute Gasteiger partial charge is 0.455 e. The standard InChI is InChI=1S/C19H14BrN3O4/c20-15-5-3-14(4-6-15)18-10-9-17(27-18)12-21-22-19(24)11-13-1-7-16(8-2-13)23(25)26/h1-10,12H,11H2,(H,22,24)/b21-12-. The molecule has 1 N–H and O–H groups in total. The van der Waals surface area contributed by atoms with Gasteiger partial charge in [0.2, 0.25) is 5.91 Å². The monoisotopic (exact) mass is 427 g/mol. The topological polar surface area (TPSA) is 97.7 Å². The minimum Gasteiger partial charge on any atom is -0.455 e. The quantitative estimate of drug-likeness (QED) is 0.359. The maximum atomic E-state index is 11.9. The minimum atomic E-state index is -0.486. The molecule has 2 aromatic carbocycles. The average molecular weight is 428 g/mol. The van der Waals surface area contributed by atoms with Crippen molar-refractivity contribution in [3.8, 4) is 11.3 Å². The van der Waals surface area contributed by atoms with E-state index in [1.807, 2.05) is 30.3 Å². The van der Waals surface area contributed by atoms with Gasteiger partial charge in [0, 0.05) is 22.2 Å². The van der Waals surface area contributed by atoms with E-state index < -0.39 is 4.92 Å². The third-order valence-electron chi connectivity index (χ3n) is 3.65. The molecular weight excluding hydrogens is 414 g/mol. The third kappa shape index (κ3) is 5.11. The second-order valence-electron chi connectivity index (χ2n) is 5.60. The van der Waals surface area contributed by atoms with Crippen molar-refractivity contribution < 1.29 is 14.1 Å². The van der Waals surface area contributed by atoms with Gasteiger partial charge in [0.05, 0.1) is 17.6 Å². The summed E-state index contributed by atoms with van der Waals surface area (Å²) in [5, 5.41) is 14.5. The first-order chi connectivity index (χ1) is 13.0. The summed E-state index contributed by atoms with van der Waals surface area (Å²) >= 11 is 3.38. The number of non-ortho nitro benzene ring substituents is 1. The van der Waals surface area contributed by atoms with E-state index in [-0.39, 0.29) is 18.0 Å². The van der Waals surface area contributed by atoms with E-state index in [2.05, 4.69) is 26.5 Å². The molecule has 0 saturated heterocycles. The number of amides is 1. The summed E-state index contributed by atoms with van der Waals surface area (Å²) in [7, 11) is 0. The maximum absolute atomic E-state index is 11.9.